The van der Waals surface area contributed by atoms with Gasteiger partial charge in [-0.25, -0.2) is 13.2 Å². The van der Waals surface area contributed by atoms with Crippen LogP contribution in [0.3, 0.4) is 0 Å². The predicted octanol–water partition coefficient (Wildman–Crippen LogP) is 2.80. The van der Waals surface area contributed by atoms with E-state index in [1.165, 1.54) is 43.5 Å². The van der Waals surface area contributed by atoms with E-state index in [4.69, 9.17) is 0 Å². The van der Waals surface area contributed by atoms with Gasteiger partial charge in [0.2, 0.25) is 0 Å². The summed E-state index contributed by atoms with van der Waals surface area (Å²) in [6, 6.07) is 11.7. The molecule has 1 unspecified atom stereocenters. The minimum Gasteiger partial charge on any atom is -0.465 e. The first kappa shape index (κ1) is 20.4. The molecule has 0 aliphatic carbocycles. The number of hydrogen-bond acceptors (Lipinski definition) is 5. The Hall–Kier alpha value is -2.87. The van der Waals surface area contributed by atoms with E-state index >= 15 is 0 Å². The topological polar surface area (TPSA) is 102 Å². The molecule has 8 heteroatoms. The zero-order valence-electron chi connectivity index (χ0n) is 15.4. The molecule has 1 atom stereocenters. The van der Waals surface area contributed by atoms with Gasteiger partial charge in [0.25, 0.3) is 15.9 Å². The number of sulfonamides is 1. The van der Waals surface area contributed by atoms with Crippen molar-refractivity contribution >= 4 is 27.6 Å². The number of anilines is 1. The number of hydrogen-bond donors (Lipinski definition) is 2. The minimum atomic E-state index is -3.94. The average molecular weight is 390 g/mol. The average Bonchev–Trinajstić information content (AvgIpc) is 2.67. The molecule has 7 nitrogen and oxygen atoms in total. The maximum atomic E-state index is 12.6. The van der Waals surface area contributed by atoms with Crippen LogP contribution in [0, 0.1) is 0 Å². The van der Waals surface area contributed by atoms with E-state index in [1.54, 1.807) is 12.1 Å². The SMILES string of the molecule is CCC(C)NC(=O)c1ccc(S(=O)(=O)Nc2ccccc2C(=O)OC)cc1. The van der Waals surface area contributed by atoms with Crippen molar-refractivity contribution in [3.05, 3.63) is 59.7 Å². The third-order valence-electron chi connectivity index (χ3n) is 3.99. The number of methoxy groups -OCH3 is 1. The van der Waals surface area contributed by atoms with E-state index in [9.17, 15) is 18.0 Å². The highest BCUT2D eigenvalue weighted by Gasteiger charge is 2.19. The third-order valence-corrected chi connectivity index (χ3v) is 5.37. The molecule has 0 aliphatic rings. The number of esters is 1. The fourth-order valence-corrected chi connectivity index (χ4v) is 3.34. The predicted molar refractivity (Wildman–Crippen MR) is 102 cm³/mol. The van der Waals surface area contributed by atoms with Gasteiger partial charge in [-0.2, -0.15) is 0 Å². The van der Waals surface area contributed by atoms with Gasteiger partial charge in [-0.3, -0.25) is 9.52 Å². The molecule has 0 saturated carbocycles. The number of carbonyl (C=O) groups excluding carboxylic acids is 2. The lowest BCUT2D eigenvalue weighted by Gasteiger charge is -2.13. The van der Waals surface area contributed by atoms with Gasteiger partial charge in [0.05, 0.1) is 23.3 Å². The Morgan fingerprint density at radius 2 is 1.70 bits per heavy atom. The summed E-state index contributed by atoms with van der Waals surface area (Å²) in [4.78, 5) is 23.9. The van der Waals surface area contributed by atoms with E-state index in [1.807, 2.05) is 13.8 Å². The lowest BCUT2D eigenvalue weighted by molar-refractivity contribution is 0.0601. The van der Waals surface area contributed by atoms with Crippen molar-refractivity contribution in [1.82, 2.24) is 5.32 Å². The highest BCUT2D eigenvalue weighted by molar-refractivity contribution is 7.92. The maximum Gasteiger partial charge on any atom is 0.339 e. The van der Waals surface area contributed by atoms with Crippen LogP contribution >= 0.6 is 0 Å². The first-order chi connectivity index (χ1) is 12.8. The number of amides is 1. The Balaban J connectivity index is 2.23. The molecular weight excluding hydrogens is 368 g/mol. The van der Waals surface area contributed by atoms with Crippen molar-refractivity contribution in [3.8, 4) is 0 Å². The Labute approximate surface area is 158 Å². The Bertz CT molecular complexity index is 923. The van der Waals surface area contributed by atoms with Crippen molar-refractivity contribution in [1.29, 1.82) is 0 Å². The second-order valence-electron chi connectivity index (χ2n) is 5.95. The first-order valence-corrected chi connectivity index (χ1v) is 9.88. The van der Waals surface area contributed by atoms with Gasteiger partial charge >= 0.3 is 5.97 Å². The summed E-state index contributed by atoms with van der Waals surface area (Å²) in [5.41, 5.74) is 0.584. The van der Waals surface area contributed by atoms with Crippen LogP contribution in [-0.2, 0) is 14.8 Å². The summed E-state index contributed by atoms with van der Waals surface area (Å²) in [6.07, 6.45) is 0.793. The zero-order chi connectivity index (χ0) is 20.0. The Morgan fingerprint density at radius 1 is 1.07 bits per heavy atom. The fraction of sp³-hybridized carbons (Fsp3) is 0.263. The summed E-state index contributed by atoms with van der Waals surface area (Å²) in [5.74, 6) is -0.914. The Morgan fingerprint density at radius 3 is 2.30 bits per heavy atom. The fourth-order valence-electron chi connectivity index (χ4n) is 2.26. The summed E-state index contributed by atoms with van der Waals surface area (Å²) >= 11 is 0. The maximum absolute atomic E-state index is 12.6. The highest BCUT2D eigenvalue weighted by Crippen LogP contribution is 2.21. The van der Waals surface area contributed by atoms with Crippen molar-refractivity contribution in [2.45, 2.75) is 31.2 Å². The summed E-state index contributed by atoms with van der Waals surface area (Å²) in [5, 5.41) is 2.81. The van der Waals surface area contributed by atoms with Gasteiger partial charge in [-0.15, -0.1) is 0 Å². The number of nitrogens with one attached hydrogen (secondary N) is 2. The van der Waals surface area contributed by atoms with Crippen LogP contribution in [0.25, 0.3) is 0 Å². The van der Waals surface area contributed by atoms with Crippen LogP contribution < -0.4 is 10.0 Å². The molecule has 2 N–H and O–H groups in total. The van der Waals surface area contributed by atoms with Gasteiger partial charge < -0.3 is 10.1 Å². The lowest BCUT2D eigenvalue weighted by Crippen LogP contribution is -2.31. The number of ether oxygens (including phenoxy) is 1. The minimum absolute atomic E-state index is 0.0254. The first-order valence-electron chi connectivity index (χ1n) is 8.39. The molecule has 0 saturated heterocycles. The standard InChI is InChI=1S/C19H22N2O5S/c1-4-13(2)20-18(22)14-9-11-15(12-10-14)27(24,25)21-17-8-6-5-7-16(17)19(23)26-3/h5-13,21H,4H2,1-3H3,(H,20,22). The molecule has 2 aromatic rings. The van der Waals surface area contributed by atoms with Gasteiger partial charge in [0.15, 0.2) is 0 Å². The summed E-state index contributed by atoms with van der Waals surface area (Å²) in [6.45, 7) is 3.85. The van der Waals surface area contributed by atoms with Crippen molar-refractivity contribution in [2.24, 2.45) is 0 Å². The van der Waals surface area contributed by atoms with Crippen LogP contribution in [0.2, 0.25) is 0 Å². The molecule has 0 aliphatic heterocycles. The molecular formula is C19H22N2O5S. The summed E-state index contributed by atoms with van der Waals surface area (Å²) in [7, 11) is -2.72. The second-order valence-corrected chi connectivity index (χ2v) is 7.63. The molecule has 0 bridgehead atoms. The Kier molecular flexibility index (Phi) is 6.57. The highest BCUT2D eigenvalue weighted by atomic mass is 32.2. The van der Waals surface area contributed by atoms with Crippen LogP contribution in [-0.4, -0.2) is 33.4 Å². The lowest BCUT2D eigenvalue weighted by atomic mass is 10.2. The monoisotopic (exact) mass is 390 g/mol. The molecule has 1 amide bonds. The van der Waals surface area contributed by atoms with Gasteiger partial charge in [0.1, 0.15) is 0 Å². The molecule has 0 aromatic heterocycles. The molecule has 0 radical (unpaired) electrons. The van der Waals surface area contributed by atoms with Crippen LogP contribution in [0.15, 0.2) is 53.4 Å². The molecule has 144 valence electrons. The number of para-hydroxylation sites is 1. The van der Waals surface area contributed by atoms with E-state index in [0.717, 1.165) is 6.42 Å². The normalized spacial score (nSPS) is 12.1. The van der Waals surface area contributed by atoms with E-state index < -0.39 is 16.0 Å². The van der Waals surface area contributed by atoms with E-state index in [-0.39, 0.29) is 28.1 Å². The molecule has 2 aromatic carbocycles. The van der Waals surface area contributed by atoms with Crippen molar-refractivity contribution < 1.29 is 22.7 Å². The molecule has 0 heterocycles. The van der Waals surface area contributed by atoms with Gasteiger partial charge in [-0.1, -0.05) is 19.1 Å². The van der Waals surface area contributed by atoms with Crippen LogP contribution in [0.5, 0.6) is 0 Å². The number of carbonyl (C=O) groups is 2. The summed E-state index contributed by atoms with van der Waals surface area (Å²) < 4.78 is 32.3. The van der Waals surface area contributed by atoms with Crippen molar-refractivity contribution in [2.75, 3.05) is 11.8 Å². The van der Waals surface area contributed by atoms with Crippen LogP contribution in [0.1, 0.15) is 41.0 Å². The molecule has 0 fully saturated rings. The van der Waals surface area contributed by atoms with Gasteiger partial charge in [-0.05, 0) is 49.7 Å². The molecule has 27 heavy (non-hydrogen) atoms. The zero-order valence-corrected chi connectivity index (χ0v) is 16.2. The second kappa shape index (κ2) is 8.68. The number of benzene rings is 2. The van der Waals surface area contributed by atoms with Gasteiger partial charge in [0, 0.05) is 11.6 Å². The third kappa shape index (κ3) is 5.07. The molecule has 0 spiro atoms. The molecule has 2 rings (SSSR count). The van der Waals surface area contributed by atoms with E-state index in [2.05, 4.69) is 14.8 Å². The number of rotatable bonds is 7. The quantitative estimate of drug-likeness (QED) is 0.708. The van der Waals surface area contributed by atoms with Crippen LogP contribution in [0.4, 0.5) is 5.69 Å². The smallest absolute Gasteiger partial charge is 0.339 e. The largest absolute Gasteiger partial charge is 0.465 e. The van der Waals surface area contributed by atoms with Crippen molar-refractivity contribution in [3.63, 3.8) is 0 Å². The van der Waals surface area contributed by atoms with E-state index in [0.29, 0.717) is 5.56 Å².